The molecule has 0 fully saturated rings. The van der Waals surface area contributed by atoms with Gasteiger partial charge in [-0.3, -0.25) is 19.8 Å². The van der Waals surface area contributed by atoms with E-state index >= 15 is 0 Å². The minimum absolute atomic E-state index is 0.239. The smallest absolute Gasteiger partial charge is 0.274 e. The molecule has 0 aliphatic carbocycles. The van der Waals surface area contributed by atoms with Gasteiger partial charge in [-0.1, -0.05) is 0 Å². The van der Waals surface area contributed by atoms with E-state index in [2.05, 4.69) is 4.98 Å². The third-order valence-electron chi connectivity index (χ3n) is 3.00. The second-order valence-electron chi connectivity index (χ2n) is 4.65. The van der Waals surface area contributed by atoms with Crippen LogP contribution in [0.1, 0.15) is 12.5 Å². The Morgan fingerprint density at radius 3 is 2.42 bits per heavy atom. The summed E-state index contributed by atoms with van der Waals surface area (Å²) >= 11 is 0. The third-order valence-corrected chi connectivity index (χ3v) is 3.00. The number of nitrogens with zero attached hydrogens (tertiary/aromatic N) is 3. The Labute approximate surface area is 132 Å². The molecule has 0 saturated carbocycles. The predicted molar refractivity (Wildman–Crippen MR) is 75.1 cm³/mol. The fourth-order valence-corrected chi connectivity index (χ4v) is 1.96. The van der Waals surface area contributed by atoms with Crippen molar-refractivity contribution in [2.24, 2.45) is 0 Å². The zero-order valence-corrected chi connectivity index (χ0v) is 12.0. The molecule has 0 unspecified atom stereocenters. The molecule has 6 nitrogen and oxygen atoms in total. The summed E-state index contributed by atoms with van der Waals surface area (Å²) in [6, 6.07) is 3.58. The minimum Gasteiger partial charge on any atom is -0.274 e. The Hall–Kier alpha value is -3.04. The summed E-state index contributed by atoms with van der Waals surface area (Å²) in [7, 11) is 0. The molecule has 0 saturated heterocycles. The molecule has 1 amide bonds. The number of pyridine rings is 1. The number of hydrogen-bond acceptors (Lipinski definition) is 4. The van der Waals surface area contributed by atoms with E-state index in [4.69, 9.17) is 0 Å². The summed E-state index contributed by atoms with van der Waals surface area (Å²) < 4.78 is 51.8. The highest BCUT2D eigenvalue weighted by molar-refractivity contribution is 5.98. The molecule has 10 heteroatoms. The largest absolute Gasteiger partial charge is 0.416 e. The molecule has 1 aromatic carbocycles. The van der Waals surface area contributed by atoms with Crippen LogP contribution < -0.4 is 4.90 Å². The third kappa shape index (κ3) is 3.47. The zero-order valence-electron chi connectivity index (χ0n) is 12.0. The topological polar surface area (TPSA) is 76.3 Å². The van der Waals surface area contributed by atoms with Crippen molar-refractivity contribution in [3.8, 4) is 0 Å². The van der Waals surface area contributed by atoms with Gasteiger partial charge in [-0.05, 0) is 18.2 Å². The zero-order chi connectivity index (χ0) is 18.1. The van der Waals surface area contributed by atoms with Gasteiger partial charge in [-0.25, -0.2) is 9.37 Å². The van der Waals surface area contributed by atoms with Crippen molar-refractivity contribution in [3.05, 3.63) is 58.0 Å². The van der Waals surface area contributed by atoms with Crippen LogP contribution in [0.2, 0.25) is 0 Å². The molecular formula is C14H9F4N3O3. The summed E-state index contributed by atoms with van der Waals surface area (Å²) in [6.45, 7) is 1.03. The Balaban J connectivity index is 2.55. The second-order valence-corrected chi connectivity index (χ2v) is 4.65. The normalized spacial score (nSPS) is 11.2. The van der Waals surface area contributed by atoms with Gasteiger partial charge < -0.3 is 0 Å². The number of alkyl halides is 3. The number of amides is 1. The first-order valence-electron chi connectivity index (χ1n) is 6.39. The molecule has 0 aliphatic rings. The van der Waals surface area contributed by atoms with Gasteiger partial charge in [0.15, 0.2) is 0 Å². The van der Waals surface area contributed by atoms with Crippen LogP contribution in [-0.4, -0.2) is 15.8 Å². The molecule has 2 rings (SSSR count). The molecule has 0 atom stereocenters. The number of nitro groups is 1. The van der Waals surface area contributed by atoms with Gasteiger partial charge in [-0.15, -0.1) is 0 Å². The standard InChI is InChI=1S/C14H9F4N3O3/c1-8(22)20(13-7-10(21(23)24)4-5-19-13)12-3-2-9(6-11(12)15)14(16,17)18/h2-7H,1H3. The highest BCUT2D eigenvalue weighted by atomic mass is 19.4. The van der Waals surface area contributed by atoms with Crippen molar-refractivity contribution in [1.82, 2.24) is 4.98 Å². The fourth-order valence-electron chi connectivity index (χ4n) is 1.96. The molecule has 0 bridgehead atoms. The van der Waals surface area contributed by atoms with E-state index in [0.717, 1.165) is 31.3 Å². The molecule has 2 aromatic rings. The van der Waals surface area contributed by atoms with E-state index < -0.39 is 39.8 Å². The van der Waals surface area contributed by atoms with E-state index in [0.29, 0.717) is 11.0 Å². The predicted octanol–water partition coefficient (Wildman–Crippen LogP) is 3.83. The summed E-state index contributed by atoms with van der Waals surface area (Å²) in [5, 5.41) is 10.8. The molecule has 1 aromatic heterocycles. The number of aromatic nitrogens is 1. The second kappa shape index (κ2) is 6.22. The number of carbonyl (C=O) groups excluding carboxylic acids is 1. The number of rotatable bonds is 3. The first kappa shape index (κ1) is 17.3. The first-order chi connectivity index (χ1) is 11.1. The van der Waals surface area contributed by atoms with Gasteiger partial charge in [0, 0.05) is 19.2 Å². The average Bonchev–Trinajstić information content (AvgIpc) is 2.48. The van der Waals surface area contributed by atoms with Crippen LogP contribution in [0, 0.1) is 15.9 Å². The van der Waals surface area contributed by atoms with Gasteiger partial charge in [0.1, 0.15) is 11.6 Å². The van der Waals surface area contributed by atoms with Crippen molar-refractivity contribution < 1.29 is 27.3 Å². The van der Waals surface area contributed by atoms with Gasteiger partial charge in [-0.2, -0.15) is 13.2 Å². The number of benzene rings is 1. The quantitative estimate of drug-likeness (QED) is 0.482. The molecule has 1 heterocycles. The molecule has 0 radical (unpaired) electrons. The number of hydrogen-bond donors (Lipinski definition) is 0. The Morgan fingerprint density at radius 1 is 1.25 bits per heavy atom. The number of halogens is 4. The van der Waals surface area contributed by atoms with Crippen molar-refractivity contribution in [3.63, 3.8) is 0 Å². The molecule has 126 valence electrons. The number of anilines is 2. The van der Waals surface area contributed by atoms with Crippen LogP contribution >= 0.6 is 0 Å². The van der Waals surface area contributed by atoms with E-state index in [1.807, 2.05) is 0 Å². The van der Waals surface area contributed by atoms with Crippen LogP contribution in [0.25, 0.3) is 0 Å². The summed E-state index contributed by atoms with van der Waals surface area (Å²) in [6.07, 6.45) is -3.71. The van der Waals surface area contributed by atoms with E-state index in [1.165, 1.54) is 0 Å². The maximum absolute atomic E-state index is 14.1. The summed E-state index contributed by atoms with van der Waals surface area (Å²) in [5.74, 6) is -2.37. The van der Waals surface area contributed by atoms with Gasteiger partial charge in [0.25, 0.3) is 5.69 Å². The van der Waals surface area contributed by atoms with Gasteiger partial charge in [0.2, 0.25) is 5.91 Å². The van der Waals surface area contributed by atoms with Gasteiger partial charge >= 0.3 is 6.18 Å². The van der Waals surface area contributed by atoms with Crippen molar-refractivity contribution in [2.75, 3.05) is 4.90 Å². The molecule has 0 N–H and O–H groups in total. The highest BCUT2D eigenvalue weighted by Gasteiger charge is 2.32. The Kier molecular flexibility index (Phi) is 4.49. The lowest BCUT2D eigenvalue weighted by atomic mass is 10.1. The maximum atomic E-state index is 14.1. The number of carbonyl (C=O) groups is 1. The maximum Gasteiger partial charge on any atom is 0.416 e. The van der Waals surface area contributed by atoms with Gasteiger partial charge in [0.05, 0.1) is 22.2 Å². The van der Waals surface area contributed by atoms with E-state index in [-0.39, 0.29) is 11.9 Å². The fraction of sp³-hybridized carbons (Fsp3) is 0.143. The van der Waals surface area contributed by atoms with Crippen molar-refractivity contribution in [1.29, 1.82) is 0 Å². The lowest BCUT2D eigenvalue weighted by molar-refractivity contribution is -0.384. The highest BCUT2D eigenvalue weighted by Crippen LogP contribution is 2.34. The van der Waals surface area contributed by atoms with Crippen LogP contribution in [0.15, 0.2) is 36.5 Å². The van der Waals surface area contributed by atoms with Crippen molar-refractivity contribution in [2.45, 2.75) is 13.1 Å². The Morgan fingerprint density at radius 2 is 1.92 bits per heavy atom. The van der Waals surface area contributed by atoms with Crippen LogP contribution in [0.3, 0.4) is 0 Å². The molecule has 0 aliphatic heterocycles. The lowest BCUT2D eigenvalue weighted by Crippen LogP contribution is -2.25. The van der Waals surface area contributed by atoms with E-state index in [1.54, 1.807) is 0 Å². The van der Waals surface area contributed by atoms with Crippen molar-refractivity contribution >= 4 is 23.1 Å². The SMILES string of the molecule is CC(=O)N(c1cc([N+](=O)[O-])ccn1)c1ccc(C(F)(F)F)cc1F. The minimum atomic E-state index is -4.75. The lowest BCUT2D eigenvalue weighted by Gasteiger charge is -2.21. The van der Waals surface area contributed by atoms with Crippen LogP contribution in [-0.2, 0) is 11.0 Å². The first-order valence-corrected chi connectivity index (χ1v) is 6.39. The average molecular weight is 343 g/mol. The monoisotopic (exact) mass is 343 g/mol. The summed E-state index contributed by atoms with van der Waals surface area (Å²) in [4.78, 5) is 26.2. The molecular weight excluding hydrogens is 334 g/mol. The van der Waals surface area contributed by atoms with E-state index in [9.17, 15) is 32.5 Å². The summed E-state index contributed by atoms with van der Waals surface area (Å²) in [5.41, 5.74) is -2.12. The molecule has 24 heavy (non-hydrogen) atoms. The van der Waals surface area contributed by atoms with Crippen LogP contribution in [0.4, 0.5) is 34.8 Å². The molecule has 0 spiro atoms. The Bertz CT molecular complexity index is 808. The van der Waals surface area contributed by atoms with Crippen LogP contribution in [0.5, 0.6) is 0 Å².